The molecule has 2 aliphatic rings. The van der Waals surface area contributed by atoms with Crippen LogP contribution in [-0.4, -0.2) is 18.9 Å². The Balaban J connectivity index is 2.11. The lowest BCUT2D eigenvalue weighted by molar-refractivity contribution is -0.118. The molecule has 2 heterocycles. The zero-order chi connectivity index (χ0) is 10.3. The van der Waals surface area contributed by atoms with Crippen molar-refractivity contribution in [2.24, 2.45) is 0 Å². The Morgan fingerprint density at radius 1 is 1.20 bits per heavy atom. The third kappa shape index (κ3) is 1.39. The van der Waals surface area contributed by atoms with Gasteiger partial charge in [0.1, 0.15) is 11.5 Å². The van der Waals surface area contributed by atoms with Crippen LogP contribution in [0.3, 0.4) is 0 Å². The molecular weight excluding hydrogens is 190 g/mol. The van der Waals surface area contributed by atoms with E-state index in [1.165, 1.54) is 5.56 Å². The molecule has 0 unspecified atom stereocenters. The van der Waals surface area contributed by atoms with Crippen LogP contribution >= 0.6 is 0 Å². The number of ether oxygens (including phenoxy) is 1. The highest BCUT2D eigenvalue weighted by atomic mass is 16.5. The van der Waals surface area contributed by atoms with Gasteiger partial charge in [-0.3, -0.25) is 4.79 Å². The molecule has 0 saturated carbocycles. The van der Waals surface area contributed by atoms with Crippen LogP contribution in [-0.2, 0) is 17.6 Å². The Kier molecular flexibility index (Phi) is 1.91. The summed E-state index contributed by atoms with van der Waals surface area (Å²) >= 11 is 0. The summed E-state index contributed by atoms with van der Waals surface area (Å²) in [5.41, 5.74) is 3.39. The van der Waals surface area contributed by atoms with E-state index in [1.54, 1.807) is 0 Å². The molecule has 0 spiro atoms. The molecule has 1 aromatic rings. The quantitative estimate of drug-likeness (QED) is 0.695. The van der Waals surface area contributed by atoms with Crippen LogP contribution in [0.5, 0.6) is 5.75 Å². The molecular formula is C12H13NO2. The Morgan fingerprint density at radius 2 is 2.07 bits per heavy atom. The van der Waals surface area contributed by atoms with Gasteiger partial charge in [0.2, 0.25) is 0 Å². The second kappa shape index (κ2) is 3.26. The summed E-state index contributed by atoms with van der Waals surface area (Å²) in [6.45, 7) is 1.49. The van der Waals surface area contributed by atoms with Crippen molar-refractivity contribution in [3.8, 4) is 5.75 Å². The van der Waals surface area contributed by atoms with Gasteiger partial charge in [0, 0.05) is 25.8 Å². The summed E-state index contributed by atoms with van der Waals surface area (Å²) in [4.78, 5) is 11.5. The molecule has 3 nitrogen and oxygen atoms in total. The molecule has 3 rings (SSSR count). The summed E-state index contributed by atoms with van der Waals surface area (Å²) in [5.74, 6) is 1.28. The van der Waals surface area contributed by atoms with Crippen LogP contribution in [0.1, 0.15) is 17.5 Å². The second-order valence-electron chi connectivity index (χ2n) is 4.08. The number of ketones is 1. The third-order valence-electron chi connectivity index (χ3n) is 3.04. The number of hydrogen-bond acceptors (Lipinski definition) is 3. The normalized spacial score (nSPS) is 18.5. The second-order valence-corrected chi connectivity index (χ2v) is 4.08. The summed E-state index contributed by atoms with van der Waals surface area (Å²) in [5, 5.41) is 3.31. The molecule has 0 aromatic heterocycles. The first-order chi connectivity index (χ1) is 7.34. The fraction of sp³-hybridized carbons (Fsp3) is 0.417. The number of Topliss-reactive ketones (excluding diaryl/α,β-unsaturated/α-hetero) is 1. The predicted octanol–water partition coefficient (Wildman–Crippen LogP) is 1.55. The van der Waals surface area contributed by atoms with Gasteiger partial charge in [-0.1, -0.05) is 12.1 Å². The number of benzene rings is 1. The Morgan fingerprint density at radius 3 is 3.00 bits per heavy atom. The third-order valence-corrected chi connectivity index (χ3v) is 3.04. The average Bonchev–Trinajstić information content (AvgIpc) is 2.61. The molecule has 1 N–H and O–H groups in total. The van der Waals surface area contributed by atoms with E-state index in [-0.39, 0.29) is 0 Å². The number of carbonyl (C=O) groups is 1. The van der Waals surface area contributed by atoms with Gasteiger partial charge < -0.3 is 10.1 Å². The molecule has 0 aliphatic carbocycles. The molecule has 0 amide bonds. The van der Waals surface area contributed by atoms with Gasteiger partial charge in [0.25, 0.3) is 0 Å². The molecule has 0 fully saturated rings. The average molecular weight is 203 g/mol. The van der Waals surface area contributed by atoms with E-state index >= 15 is 0 Å². The molecule has 2 aliphatic heterocycles. The first-order valence-corrected chi connectivity index (χ1v) is 5.38. The molecule has 0 radical (unpaired) electrons. The largest absolute Gasteiger partial charge is 0.491 e. The van der Waals surface area contributed by atoms with Crippen LogP contribution < -0.4 is 10.1 Å². The van der Waals surface area contributed by atoms with E-state index < -0.39 is 0 Å². The summed E-state index contributed by atoms with van der Waals surface area (Å²) in [6.07, 6.45) is 2.14. The Hall–Kier alpha value is -1.51. The van der Waals surface area contributed by atoms with Crippen LogP contribution in [0.15, 0.2) is 12.1 Å². The fourth-order valence-corrected chi connectivity index (χ4v) is 2.26. The molecule has 0 atom stereocenters. The minimum Gasteiger partial charge on any atom is -0.491 e. The van der Waals surface area contributed by atoms with Crippen molar-refractivity contribution in [1.82, 2.24) is 0 Å². The van der Waals surface area contributed by atoms with Crippen LogP contribution in [0.2, 0.25) is 0 Å². The molecule has 78 valence electrons. The SMILES string of the molecule is O=C1CCNc2c(ccc3c2OCC3)C1. The molecule has 0 bridgehead atoms. The Bertz CT molecular complexity index is 426. The number of anilines is 1. The van der Waals surface area contributed by atoms with Gasteiger partial charge in [-0.05, 0) is 11.1 Å². The van der Waals surface area contributed by atoms with Crippen molar-refractivity contribution in [1.29, 1.82) is 0 Å². The number of fused-ring (bicyclic) bond motifs is 3. The van der Waals surface area contributed by atoms with Crippen molar-refractivity contribution in [3.63, 3.8) is 0 Å². The topological polar surface area (TPSA) is 38.3 Å². The molecule has 1 aromatic carbocycles. The first kappa shape index (κ1) is 8.77. The maximum atomic E-state index is 11.5. The maximum absolute atomic E-state index is 11.5. The smallest absolute Gasteiger partial charge is 0.146 e. The van der Waals surface area contributed by atoms with Crippen molar-refractivity contribution < 1.29 is 9.53 Å². The highest BCUT2D eigenvalue weighted by Gasteiger charge is 2.22. The van der Waals surface area contributed by atoms with E-state index in [9.17, 15) is 4.79 Å². The highest BCUT2D eigenvalue weighted by Crippen LogP contribution is 2.37. The lowest BCUT2D eigenvalue weighted by atomic mass is 10.0. The zero-order valence-electron chi connectivity index (χ0n) is 8.51. The maximum Gasteiger partial charge on any atom is 0.146 e. The number of rotatable bonds is 0. The summed E-state index contributed by atoms with van der Waals surface area (Å²) < 4.78 is 5.61. The van der Waals surface area contributed by atoms with Crippen molar-refractivity contribution >= 4 is 11.5 Å². The molecule has 0 saturated heterocycles. The van der Waals surface area contributed by atoms with Crippen LogP contribution in [0.25, 0.3) is 0 Å². The molecule has 3 heteroatoms. The first-order valence-electron chi connectivity index (χ1n) is 5.38. The van der Waals surface area contributed by atoms with Gasteiger partial charge in [-0.15, -0.1) is 0 Å². The van der Waals surface area contributed by atoms with E-state index in [0.29, 0.717) is 18.6 Å². The van der Waals surface area contributed by atoms with Crippen LogP contribution in [0, 0.1) is 0 Å². The van der Waals surface area contributed by atoms with Gasteiger partial charge in [0.15, 0.2) is 0 Å². The number of hydrogen-bond donors (Lipinski definition) is 1. The number of nitrogens with one attached hydrogen (secondary N) is 1. The van der Waals surface area contributed by atoms with Gasteiger partial charge in [-0.25, -0.2) is 0 Å². The fourth-order valence-electron chi connectivity index (χ4n) is 2.26. The van der Waals surface area contributed by atoms with Crippen molar-refractivity contribution in [3.05, 3.63) is 23.3 Å². The standard InChI is InChI=1S/C12H13NO2/c14-10-3-5-13-11-9(7-10)2-1-8-4-6-15-12(8)11/h1-2,13H,3-7H2. The van der Waals surface area contributed by atoms with E-state index in [2.05, 4.69) is 17.4 Å². The molecule has 15 heavy (non-hydrogen) atoms. The van der Waals surface area contributed by atoms with Crippen molar-refractivity contribution in [2.75, 3.05) is 18.5 Å². The minimum atomic E-state index is 0.305. The summed E-state index contributed by atoms with van der Waals surface area (Å²) in [7, 11) is 0. The monoisotopic (exact) mass is 203 g/mol. The number of carbonyl (C=O) groups excluding carboxylic acids is 1. The van der Waals surface area contributed by atoms with Crippen molar-refractivity contribution in [2.45, 2.75) is 19.3 Å². The summed E-state index contributed by atoms with van der Waals surface area (Å²) in [6, 6.07) is 4.14. The highest BCUT2D eigenvalue weighted by molar-refractivity contribution is 5.86. The van der Waals surface area contributed by atoms with E-state index in [0.717, 1.165) is 36.6 Å². The Labute approximate surface area is 88.4 Å². The van der Waals surface area contributed by atoms with Crippen LogP contribution in [0.4, 0.5) is 5.69 Å². The predicted molar refractivity (Wildman–Crippen MR) is 57.5 cm³/mol. The van der Waals surface area contributed by atoms with Gasteiger partial charge in [0.05, 0.1) is 12.3 Å². The van der Waals surface area contributed by atoms with Gasteiger partial charge >= 0.3 is 0 Å². The van der Waals surface area contributed by atoms with E-state index in [4.69, 9.17) is 4.74 Å². The minimum absolute atomic E-state index is 0.305. The lowest BCUT2D eigenvalue weighted by Crippen LogP contribution is -2.04. The lowest BCUT2D eigenvalue weighted by Gasteiger charge is -2.11. The van der Waals surface area contributed by atoms with E-state index in [1.807, 2.05) is 0 Å². The zero-order valence-corrected chi connectivity index (χ0v) is 8.51. The van der Waals surface area contributed by atoms with Gasteiger partial charge in [-0.2, -0.15) is 0 Å².